The molecule has 4 nitrogen and oxygen atoms in total. The molecule has 0 radical (unpaired) electrons. The maximum atomic E-state index is 11.8. The Balaban J connectivity index is 1.59. The van der Waals surface area contributed by atoms with Gasteiger partial charge < -0.3 is 15.4 Å². The maximum Gasteiger partial charge on any atom is 0.220 e. The molecular weight excluding hydrogens is 216 g/mol. The average Bonchev–Trinajstić information content (AvgIpc) is 2.39. The van der Waals surface area contributed by atoms with Crippen molar-refractivity contribution in [3.05, 3.63) is 0 Å². The molecule has 17 heavy (non-hydrogen) atoms. The van der Waals surface area contributed by atoms with Crippen LogP contribution in [-0.2, 0) is 9.53 Å². The zero-order valence-electron chi connectivity index (χ0n) is 10.5. The molecule has 0 aromatic rings. The smallest absolute Gasteiger partial charge is 0.220 e. The zero-order valence-corrected chi connectivity index (χ0v) is 10.5. The molecule has 2 heterocycles. The van der Waals surface area contributed by atoms with Crippen molar-refractivity contribution in [3.8, 4) is 0 Å². The van der Waals surface area contributed by atoms with Gasteiger partial charge in [0.15, 0.2) is 0 Å². The number of piperidine rings is 1. The van der Waals surface area contributed by atoms with Crippen molar-refractivity contribution in [2.45, 2.75) is 44.6 Å². The van der Waals surface area contributed by atoms with Crippen molar-refractivity contribution in [2.75, 3.05) is 26.3 Å². The van der Waals surface area contributed by atoms with E-state index in [1.807, 2.05) is 0 Å². The topological polar surface area (TPSA) is 50.4 Å². The number of carbonyl (C=O) groups is 1. The summed E-state index contributed by atoms with van der Waals surface area (Å²) < 4.78 is 5.32. The van der Waals surface area contributed by atoms with E-state index in [1.54, 1.807) is 0 Å². The molecule has 2 aliphatic rings. The molecule has 4 heteroatoms. The number of nitrogens with one attached hydrogen (secondary N) is 2. The molecule has 0 unspecified atom stereocenters. The largest absolute Gasteiger partial charge is 0.381 e. The minimum Gasteiger partial charge on any atom is -0.381 e. The molecule has 0 bridgehead atoms. The van der Waals surface area contributed by atoms with Crippen molar-refractivity contribution in [3.63, 3.8) is 0 Å². The molecule has 2 N–H and O–H groups in total. The average molecular weight is 240 g/mol. The third-order valence-electron chi connectivity index (χ3n) is 3.78. The second-order valence-corrected chi connectivity index (χ2v) is 5.21. The van der Waals surface area contributed by atoms with Crippen LogP contribution in [0, 0.1) is 5.92 Å². The SMILES string of the molecule is O=C(CCC1CCOCC1)N[C@H]1CCCNC1. The van der Waals surface area contributed by atoms with Crippen molar-refractivity contribution in [1.29, 1.82) is 0 Å². The van der Waals surface area contributed by atoms with E-state index in [9.17, 15) is 4.79 Å². The highest BCUT2D eigenvalue weighted by Crippen LogP contribution is 2.19. The fraction of sp³-hybridized carbons (Fsp3) is 0.923. The van der Waals surface area contributed by atoms with Gasteiger partial charge in [0, 0.05) is 32.2 Å². The molecule has 98 valence electrons. The fourth-order valence-electron chi connectivity index (χ4n) is 2.65. The summed E-state index contributed by atoms with van der Waals surface area (Å²) in [5.41, 5.74) is 0. The van der Waals surface area contributed by atoms with E-state index in [0.29, 0.717) is 18.4 Å². The van der Waals surface area contributed by atoms with Crippen LogP contribution in [0.2, 0.25) is 0 Å². The lowest BCUT2D eigenvalue weighted by molar-refractivity contribution is -0.122. The van der Waals surface area contributed by atoms with E-state index in [1.165, 1.54) is 6.42 Å². The van der Waals surface area contributed by atoms with Gasteiger partial charge in [-0.15, -0.1) is 0 Å². The first-order valence-corrected chi connectivity index (χ1v) is 6.92. The van der Waals surface area contributed by atoms with Crippen LogP contribution in [0.1, 0.15) is 38.5 Å². The van der Waals surface area contributed by atoms with Crippen molar-refractivity contribution >= 4 is 5.91 Å². The molecule has 1 atom stereocenters. The molecule has 0 spiro atoms. The van der Waals surface area contributed by atoms with Crippen LogP contribution in [0.5, 0.6) is 0 Å². The molecule has 0 saturated carbocycles. The number of hydrogen-bond acceptors (Lipinski definition) is 3. The Labute approximate surface area is 103 Å². The normalized spacial score (nSPS) is 26.7. The lowest BCUT2D eigenvalue weighted by Crippen LogP contribution is -2.45. The fourth-order valence-corrected chi connectivity index (χ4v) is 2.65. The van der Waals surface area contributed by atoms with Crippen molar-refractivity contribution in [1.82, 2.24) is 10.6 Å². The second-order valence-electron chi connectivity index (χ2n) is 5.21. The van der Waals surface area contributed by atoms with Crippen LogP contribution in [0.3, 0.4) is 0 Å². The Bertz CT molecular complexity index is 234. The van der Waals surface area contributed by atoms with E-state index >= 15 is 0 Å². The third-order valence-corrected chi connectivity index (χ3v) is 3.78. The van der Waals surface area contributed by atoms with Gasteiger partial charge in [0.2, 0.25) is 5.91 Å². The van der Waals surface area contributed by atoms with Crippen molar-refractivity contribution < 1.29 is 9.53 Å². The van der Waals surface area contributed by atoms with Crippen LogP contribution in [0.25, 0.3) is 0 Å². The van der Waals surface area contributed by atoms with Crippen LogP contribution in [-0.4, -0.2) is 38.3 Å². The Morgan fingerprint density at radius 2 is 2.12 bits per heavy atom. The molecule has 2 aliphatic heterocycles. The molecule has 1 amide bonds. The molecule has 0 aromatic carbocycles. The van der Waals surface area contributed by atoms with Crippen LogP contribution < -0.4 is 10.6 Å². The molecule has 2 rings (SSSR count). The van der Waals surface area contributed by atoms with E-state index in [-0.39, 0.29) is 5.91 Å². The number of carbonyl (C=O) groups excluding carboxylic acids is 1. The van der Waals surface area contributed by atoms with Gasteiger partial charge in [-0.25, -0.2) is 0 Å². The number of hydrogen-bond donors (Lipinski definition) is 2. The highest BCUT2D eigenvalue weighted by Gasteiger charge is 2.18. The summed E-state index contributed by atoms with van der Waals surface area (Å²) in [4.78, 5) is 11.8. The lowest BCUT2D eigenvalue weighted by atomic mass is 9.94. The number of ether oxygens (including phenoxy) is 1. The zero-order chi connectivity index (χ0) is 11.9. The van der Waals surface area contributed by atoms with Gasteiger partial charge in [-0.05, 0) is 44.6 Å². The molecular formula is C13H24N2O2. The summed E-state index contributed by atoms with van der Waals surface area (Å²) in [5, 5.41) is 6.44. The van der Waals surface area contributed by atoms with Gasteiger partial charge in [-0.3, -0.25) is 4.79 Å². The minimum atomic E-state index is 0.227. The first-order chi connectivity index (χ1) is 8.34. The van der Waals surface area contributed by atoms with E-state index in [2.05, 4.69) is 10.6 Å². The van der Waals surface area contributed by atoms with Crippen LogP contribution >= 0.6 is 0 Å². The Hall–Kier alpha value is -0.610. The number of rotatable bonds is 4. The Kier molecular flexibility index (Phi) is 5.26. The molecule has 2 fully saturated rings. The summed E-state index contributed by atoms with van der Waals surface area (Å²) in [6.45, 7) is 3.77. The summed E-state index contributed by atoms with van der Waals surface area (Å²) in [6.07, 6.45) is 6.24. The third kappa shape index (κ3) is 4.64. The monoisotopic (exact) mass is 240 g/mol. The molecule has 0 aliphatic carbocycles. The van der Waals surface area contributed by atoms with E-state index in [0.717, 1.165) is 52.0 Å². The van der Waals surface area contributed by atoms with E-state index in [4.69, 9.17) is 4.74 Å². The second kappa shape index (κ2) is 6.97. The van der Waals surface area contributed by atoms with Crippen LogP contribution in [0.15, 0.2) is 0 Å². The van der Waals surface area contributed by atoms with Gasteiger partial charge in [-0.1, -0.05) is 0 Å². The Morgan fingerprint density at radius 1 is 1.29 bits per heavy atom. The quantitative estimate of drug-likeness (QED) is 0.772. The summed E-state index contributed by atoms with van der Waals surface area (Å²) in [6, 6.07) is 0.353. The van der Waals surface area contributed by atoms with Gasteiger partial charge in [-0.2, -0.15) is 0 Å². The minimum absolute atomic E-state index is 0.227. The van der Waals surface area contributed by atoms with Gasteiger partial charge in [0.25, 0.3) is 0 Å². The summed E-state index contributed by atoms with van der Waals surface area (Å²) >= 11 is 0. The Morgan fingerprint density at radius 3 is 2.82 bits per heavy atom. The van der Waals surface area contributed by atoms with Gasteiger partial charge >= 0.3 is 0 Å². The standard InChI is InChI=1S/C13H24N2O2/c16-13(15-12-2-1-7-14-10-12)4-3-11-5-8-17-9-6-11/h11-12,14H,1-10H2,(H,15,16)/t12-/m0/s1. The molecule has 0 aromatic heterocycles. The van der Waals surface area contributed by atoms with Gasteiger partial charge in [0.05, 0.1) is 0 Å². The van der Waals surface area contributed by atoms with Crippen LogP contribution in [0.4, 0.5) is 0 Å². The predicted octanol–water partition coefficient (Wildman–Crippen LogP) is 1.06. The highest BCUT2D eigenvalue weighted by atomic mass is 16.5. The predicted molar refractivity (Wildman–Crippen MR) is 66.8 cm³/mol. The van der Waals surface area contributed by atoms with Crippen molar-refractivity contribution in [2.24, 2.45) is 5.92 Å². The van der Waals surface area contributed by atoms with E-state index < -0.39 is 0 Å². The first-order valence-electron chi connectivity index (χ1n) is 6.92. The summed E-state index contributed by atoms with van der Waals surface area (Å²) in [7, 11) is 0. The van der Waals surface area contributed by atoms with Gasteiger partial charge in [0.1, 0.15) is 0 Å². The maximum absolute atomic E-state index is 11.8. The first kappa shape index (κ1) is 12.8. The lowest BCUT2D eigenvalue weighted by Gasteiger charge is -2.25. The number of amides is 1. The highest BCUT2D eigenvalue weighted by molar-refractivity contribution is 5.76. The summed E-state index contributed by atoms with van der Waals surface area (Å²) in [5.74, 6) is 0.921. The molecule has 2 saturated heterocycles.